The van der Waals surface area contributed by atoms with Crippen LogP contribution in [0.2, 0.25) is 5.02 Å². The number of unbranched alkanes of at least 4 members (excludes halogenated alkanes) is 1. The van der Waals surface area contributed by atoms with Gasteiger partial charge >= 0.3 is 0 Å². The number of nitrogens with zero attached hydrogens (tertiary/aromatic N) is 1. The average molecular weight is 353 g/mol. The molecule has 0 spiro atoms. The fraction of sp³-hybridized carbons (Fsp3) is 0.462. The Morgan fingerprint density at radius 3 is 2.52 bits per heavy atom. The largest absolute Gasteiger partial charge is 0.345 e. The van der Waals surface area contributed by atoms with Gasteiger partial charge in [0.05, 0.1) is 16.5 Å². The number of carbonyl (C=O) groups excluding carboxylic acids is 1. The highest BCUT2D eigenvalue weighted by atomic mass is 35.5. The van der Waals surface area contributed by atoms with Crippen molar-refractivity contribution in [2.75, 3.05) is 30.5 Å². The smallest absolute Gasteiger partial charge is 0.253 e. The van der Waals surface area contributed by atoms with Gasteiger partial charge in [-0.15, -0.1) is 11.6 Å². The Morgan fingerprint density at radius 1 is 1.29 bits per heavy atom. The second-order valence-electron chi connectivity index (χ2n) is 4.71. The SMILES string of the molecule is CN(C)C(=O)c1ccc(Cl)c(NS(=O)(=O)CCCCCl)c1. The second-order valence-corrected chi connectivity index (χ2v) is 7.34. The number of rotatable bonds is 7. The molecule has 0 radical (unpaired) electrons. The Balaban J connectivity index is 2.92. The summed E-state index contributed by atoms with van der Waals surface area (Å²) >= 11 is 11.5. The molecule has 0 bridgehead atoms. The number of sulfonamides is 1. The molecule has 1 N–H and O–H groups in total. The van der Waals surface area contributed by atoms with E-state index in [1.54, 1.807) is 20.2 Å². The maximum Gasteiger partial charge on any atom is 0.253 e. The maximum atomic E-state index is 11.9. The molecule has 1 rings (SSSR count). The lowest BCUT2D eigenvalue weighted by molar-refractivity contribution is 0.0827. The number of nitrogens with one attached hydrogen (secondary N) is 1. The Bertz CT molecular complexity index is 603. The molecule has 1 aromatic rings. The summed E-state index contributed by atoms with van der Waals surface area (Å²) in [5, 5.41) is 0.242. The van der Waals surface area contributed by atoms with Crippen molar-refractivity contribution in [3.8, 4) is 0 Å². The zero-order chi connectivity index (χ0) is 16.0. The molecule has 0 fully saturated rings. The summed E-state index contributed by atoms with van der Waals surface area (Å²) in [6, 6.07) is 4.48. The number of hydrogen-bond acceptors (Lipinski definition) is 3. The lowest BCUT2D eigenvalue weighted by Crippen LogP contribution is -2.22. The number of hydrogen-bond donors (Lipinski definition) is 1. The van der Waals surface area contributed by atoms with Crippen molar-refractivity contribution < 1.29 is 13.2 Å². The number of alkyl halides is 1. The van der Waals surface area contributed by atoms with Crippen molar-refractivity contribution in [1.29, 1.82) is 0 Å². The van der Waals surface area contributed by atoms with E-state index in [4.69, 9.17) is 23.2 Å². The molecule has 0 heterocycles. The number of amides is 1. The minimum absolute atomic E-state index is 0.0398. The molecule has 0 atom stereocenters. The highest BCUT2D eigenvalue weighted by molar-refractivity contribution is 7.92. The molecule has 1 aromatic carbocycles. The van der Waals surface area contributed by atoms with E-state index in [1.165, 1.54) is 17.0 Å². The van der Waals surface area contributed by atoms with Crippen molar-refractivity contribution in [1.82, 2.24) is 4.90 Å². The van der Waals surface area contributed by atoms with Gasteiger partial charge < -0.3 is 4.90 Å². The molecular weight excluding hydrogens is 335 g/mol. The van der Waals surface area contributed by atoms with Crippen LogP contribution < -0.4 is 4.72 Å². The van der Waals surface area contributed by atoms with Crippen LogP contribution in [0.5, 0.6) is 0 Å². The van der Waals surface area contributed by atoms with Crippen LogP contribution in [-0.4, -0.2) is 45.0 Å². The predicted molar refractivity (Wildman–Crippen MR) is 86.8 cm³/mol. The summed E-state index contributed by atoms with van der Waals surface area (Å²) in [4.78, 5) is 13.3. The van der Waals surface area contributed by atoms with Crippen molar-refractivity contribution in [2.45, 2.75) is 12.8 Å². The predicted octanol–water partition coefficient (Wildman–Crippen LogP) is 2.80. The first-order valence-corrected chi connectivity index (χ1v) is 8.91. The van der Waals surface area contributed by atoms with E-state index < -0.39 is 10.0 Å². The fourth-order valence-corrected chi connectivity index (χ4v) is 3.20. The topological polar surface area (TPSA) is 66.5 Å². The number of benzene rings is 1. The molecule has 5 nitrogen and oxygen atoms in total. The minimum Gasteiger partial charge on any atom is -0.345 e. The van der Waals surface area contributed by atoms with Crippen molar-refractivity contribution in [3.63, 3.8) is 0 Å². The van der Waals surface area contributed by atoms with Gasteiger partial charge in [-0.3, -0.25) is 9.52 Å². The molecule has 0 aliphatic carbocycles. The minimum atomic E-state index is -3.51. The molecule has 0 unspecified atom stereocenters. The molecule has 0 aromatic heterocycles. The normalized spacial score (nSPS) is 11.2. The Labute approximate surface area is 135 Å². The molecular formula is C13H18Cl2N2O3S. The van der Waals surface area contributed by atoms with Crippen molar-refractivity contribution in [3.05, 3.63) is 28.8 Å². The monoisotopic (exact) mass is 352 g/mol. The number of anilines is 1. The van der Waals surface area contributed by atoms with E-state index >= 15 is 0 Å². The molecule has 0 saturated carbocycles. The van der Waals surface area contributed by atoms with Crippen LogP contribution in [0.4, 0.5) is 5.69 Å². The zero-order valence-electron chi connectivity index (χ0n) is 11.9. The maximum absolute atomic E-state index is 11.9. The summed E-state index contributed by atoms with van der Waals surface area (Å²) in [6.07, 6.45) is 1.09. The van der Waals surface area contributed by atoms with Gasteiger partial charge in [0.1, 0.15) is 0 Å². The fourth-order valence-electron chi connectivity index (χ4n) is 1.60. The number of halogens is 2. The van der Waals surface area contributed by atoms with E-state index in [-0.39, 0.29) is 22.4 Å². The van der Waals surface area contributed by atoms with Gasteiger partial charge in [0, 0.05) is 25.5 Å². The first kappa shape index (κ1) is 18.1. The Hall–Kier alpha value is -0.980. The van der Waals surface area contributed by atoms with Crippen molar-refractivity contribution >= 4 is 44.8 Å². The van der Waals surface area contributed by atoms with Gasteiger partial charge in [-0.1, -0.05) is 11.6 Å². The first-order valence-electron chi connectivity index (χ1n) is 6.34. The van der Waals surface area contributed by atoms with E-state index in [1.807, 2.05) is 0 Å². The van der Waals surface area contributed by atoms with Gasteiger partial charge in [0.25, 0.3) is 5.91 Å². The standard InChI is InChI=1S/C13H18Cl2N2O3S/c1-17(2)13(18)10-5-6-11(15)12(9-10)16-21(19,20)8-4-3-7-14/h5-6,9,16H,3-4,7-8H2,1-2H3. The highest BCUT2D eigenvalue weighted by Crippen LogP contribution is 2.25. The first-order chi connectivity index (χ1) is 9.76. The third kappa shape index (κ3) is 5.73. The van der Waals surface area contributed by atoms with E-state index in [0.717, 1.165) is 0 Å². The molecule has 0 aliphatic rings. The molecule has 0 saturated heterocycles. The van der Waals surface area contributed by atoms with E-state index in [0.29, 0.717) is 24.3 Å². The summed E-state index contributed by atoms with van der Waals surface area (Å²) in [5.41, 5.74) is 0.568. The lowest BCUT2D eigenvalue weighted by Gasteiger charge is -2.13. The summed E-state index contributed by atoms with van der Waals surface area (Å²) in [5.74, 6) is 0.152. The Morgan fingerprint density at radius 2 is 1.95 bits per heavy atom. The average Bonchev–Trinajstić information content (AvgIpc) is 2.40. The molecule has 8 heteroatoms. The number of carbonyl (C=O) groups is 1. The van der Waals surface area contributed by atoms with Crippen LogP contribution in [0, 0.1) is 0 Å². The highest BCUT2D eigenvalue weighted by Gasteiger charge is 2.15. The van der Waals surface area contributed by atoms with Gasteiger partial charge in [0.2, 0.25) is 10.0 Å². The molecule has 118 valence electrons. The lowest BCUT2D eigenvalue weighted by atomic mass is 10.2. The Kier molecular flexibility index (Phi) is 6.77. The van der Waals surface area contributed by atoms with Crippen LogP contribution in [0.1, 0.15) is 23.2 Å². The summed E-state index contributed by atoms with van der Waals surface area (Å²) < 4.78 is 26.3. The summed E-state index contributed by atoms with van der Waals surface area (Å²) in [6.45, 7) is 0. The quantitative estimate of drug-likeness (QED) is 0.606. The van der Waals surface area contributed by atoms with E-state index in [9.17, 15) is 13.2 Å². The van der Waals surface area contributed by atoms with Crippen LogP contribution >= 0.6 is 23.2 Å². The van der Waals surface area contributed by atoms with Crippen LogP contribution in [-0.2, 0) is 10.0 Å². The van der Waals surface area contributed by atoms with Crippen LogP contribution in [0.3, 0.4) is 0 Å². The van der Waals surface area contributed by atoms with Gasteiger partial charge in [-0.25, -0.2) is 8.42 Å². The third-order valence-electron chi connectivity index (χ3n) is 2.68. The third-order valence-corrected chi connectivity index (χ3v) is 4.64. The molecule has 0 aliphatic heterocycles. The van der Waals surface area contributed by atoms with Gasteiger partial charge in [0.15, 0.2) is 0 Å². The van der Waals surface area contributed by atoms with Gasteiger partial charge in [-0.2, -0.15) is 0 Å². The molecule has 21 heavy (non-hydrogen) atoms. The molecule has 1 amide bonds. The zero-order valence-corrected chi connectivity index (χ0v) is 14.2. The van der Waals surface area contributed by atoms with E-state index in [2.05, 4.69) is 4.72 Å². The van der Waals surface area contributed by atoms with Crippen LogP contribution in [0.25, 0.3) is 0 Å². The van der Waals surface area contributed by atoms with Gasteiger partial charge in [-0.05, 0) is 31.0 Å². The van der Waals surface area contributed by atoms with Crippen LogP contribution in [0.15, 0.2) is 18.2 Å². The van der Waals surface area contributed by atoms with Crippen molar-refractivity contribution in [2.24, 2.45) is 0 Å². The second kappa shape index (κ2) is 7.87. The summed E-state index contributed by atoms with van der Waals surface area (Å²) in [7, 11) is -0.274.